The number of alkyl halides is 6. The van der Waals surface area contributed by atoms with E-state index in [1.54, 1.807) is 0 Å². The van der Waals surface area contributed by atoms with Crippen molar-refractivity contribution in [2.75, 3.05) is 19.3 Å². The molecule has 1 aliphatic carbocycles. The maximum Gasteiger partial charge on any atom is 0.437 e. The van der Waals surface area contributed by atoms with Crippen molar-refractivity contribution < 1.29 is 49.1 Å². The SMILES string of the molecule is CC.CC(Oc1ccc(S(C)(=O)=O)cc1C(=O)N1CC2CC2(C2=NC(C(F)(F)F)ON2)C1)C(F)(F)F. The van der Waals surface area contributed by atoms with Gasteiger partial charge in [-0.2, -0.15) is 26.3 Å². The molecule has 1 aromatic rings. The summed E-state index contributed by atoms with van der Waals surface area (Å²) in [4.78, 5) is 22.2. The van der Waals surface area contributed by atoms with Gasteiger partial charge in [-0.1, -0.05) is 13.8 Å². The molecule has 4 atom stereocenters. The first-order chi connectivity index (χ1) is 16.5. The van der Waals surface area contributed by atoms with Gasteiger partial charge in [0.2, 0.25) is 0 Å². The molecule has 0 bridgehead atoms. The van der Waals surface area contributed by atoms with Gasteiger partial charge in [0.15, 0.2) is 15.9 Å². The van der Waals surface area contributed by atoms with Gasteiger partial charge in [0.05, 0.1) is 15.9 Å². The summed E-state index contributed by atoms with van der Waals surface area (Å²) in [6.45, 7) is 4.75. The normalized spacial score (nSPS) is 26.3. The molecule has 3 aliphatic rings. The van der Waals surface area contributed by atoms with E-state index >= 15 is 0 Å². The van der Waals surface area contributed by atoms with E-state index in [0.717, 1.165) is 31.4 Å². The topological polar surface area (TPSA) is 97.3 Å². The fraction of sp³-hybridized carbons (Fsp3) is 0.619. The fourth-order valence-corrected chi connectivity index (χ4v) is 4.74. The molecule has 15 heteroatoms. The lowest BCUT2D eigenvalue weighted by Gasteiger charge is -2.24. The van der Waals surface area contributed by atoms with Gasteiger partial charge in [-0.25, -0.2) is 23.7 Å². The van der Waals surface area contributed by atoms with E-state index in [1.165, 1.54) is 4.90 Å². The van der Waals surface area contributed by atoms with Crippen molar-refractivity contribution in [3.63, 3.8) is 0 Å². The molecule has 2 heterocycles. The number of benzene rings is 1. The molecular formula is C21H25F6N3O5S. The number of hydrogen-bond donors (Lipinski definition) is 1. The number of ether oxygens (including phenoxy) is 1. The van der Waals surface area contributed by atoms with Crippen LogP contribution in [-0.2, 0) is 14.7 Å². The van der Waals surface area contributed by atoms with Gasteiger partial charge < -0.3 is 9.64 Å². The van der Waals surface area contributed by atoms with Crippen molar-refractivity contribution in [3.8, 4) is 5.75 Å². The third-order valence-corrected chi connectivity index (χ3v) is 7.18. The number of carbonyl (C=O) groups is 1. The Kier molecular flexibility index (Phi) is 7.31. The average molecular weight is 546 g/mol. The first kappa shape index (κ1) is 28.0. The van der Waals surface area contributed by atoms with Crippen LogP contribution >= 0.6 is 0 Å². The second kappa shape index (κ2) is 9.39. The van der Waals surface area contributed by atoms with Gasteiger partial charge >= 0.3 is 12.4 Å². The molecule has 0 aromatic heterocycles. The number of fused-ring (bicyclic) bond motifs is 1. The molecule has 1 N–H and O–H groups in total. The zero-order chi connectivity index (χ0) is 27.3. The monoisotopic (exact) mass is 545 g/mol. The Hall–Kier alpha value is -2.55. The lowest BCUT2D eigenvalue weighted by Crippen LogP contribution is -2.37. The molecule has 4 unspecified atom stereocenters. The molecular weight excluding hydrogens is 520 g/mol. The zero-order valence-electron chi connectivity index (χ0n) is 19.7. The van der Waals surface area contributed by atoms with E-state index in [4.69, 9.17) is 4.74 Å². The lowest BCUT2D eigenvalue weighted by molar-refractivity contribution is -0.220. The Balaban J connectivity index is 0.00000176. The van der Waals surface area contributed by atoms with Crippen LogP contribution in [-0.4, -0.2) is 69.1 Å². The summed E-state index contributed by atoms with van der Waals surface area (Å²) in [6, 6.07) is 2.93. The van der Waals surface area contributed by atoms with E-state index in [0.29, 0.717) is 6.42 Å². The van der Waals surface area contributed by atoms with Crippen molar-refractivity contribution in [2.24, 2.45) is 16.3 Å². The number of carbonyl (C=O) groups excluding carboxylic acids is 1. The van der Waals surface area contributed by atoms with Crippen LogP contribution in [0.5, 0.6) is 5.75 Å². The summed E-state index contributed by atoms with van der Waals surface area (Å²) < 4.78 is 106. The molecule has 202 valence electrons. The highest BCUT2D eigenvalue weighted by Gasteiger charge is 2.66. The van der Waals surface area contributed by atoms with E-state index in [1.807, 2.05) is 13.8 Å². The third-order valence-electron chi connectivity index (χ3n) is 6.07. The number of aliphatic imine (C=N–C) groups is 1. The molecule has 1 amide bonds. The van der Waals surface area contributed by atoms with Crippen molar-refractivity contribution in [2.45, 2.75) is 56.8 Å². The van der Waals surface area contributed by atoms with Gasteiger partial charge in [-0.05, 0) is 37.5 Å². The van der Waals surface area contributed by atoms with Gasteiger partial charge in [0, 0.05) is 19.3 Å². The Labute approximate surface area is 203 Å². The second-order valence-electron chi connectivity index (χ2n) is 8.57. The highest BCUT2D eigenvalue weighted by atomic mass is 32.2. The van der Waals surface area contributed by atoms with E-state index in [9.17, 15) is 39.6 Å². The van der Waals surface area contributed by atoms with Crippen molar-refractivity contribution in [1.82, 2.24) is 10.4 Å². The Morgan fingerprint density at radius 3 is 2.42 bits per heavy atom. The highest BCUT2D eigenvalue weighted by molar-refractivity contribution is 7.90. The molecule has 4 rings (SSSR count). The zero-order valence-corrected chi connectivity index (χ0v) is 20.5. The molecule has 0 radical (unpaired) electrons. The van der Waals surface area contributed by atoms with Crippen LogP contribution in [0.15, 0.2) is 28.1 Å². The quantitative estimate of drug-likeness (QED) is 0.567. The minimum absolute atomic E-state index is 0.0535. The van der Waals surface area contributed by atoms with E-state index in [2.05, 4.69) is 15.3 Å². The van der Waals surface area contributed by atoms with Gasteiger partial charge in [0.25, 0.3) is 12.1 Å². The first-order valence-corrected chi connectivity index (χ1v) is 12.8. The van der Waals surface area contributed by atoms with E-state index < -0.39 is 57.2 Å². The number of rotatable bonds is 5. The Morgan fingerprint density at radius 1 is 1.25 bits per heavy atom. The standard InChI is InChI=1S/C19H19F6N3O5S.C2H6/c1-9(18(20,21)22)32-13-4-3-11(34(2,30)31)5-12(13)14(29)28-7-10-6-17(10,8-28)15-26-16(33-27-15)19(23,24)25;1-2/h3-5,9-10,16H,6-8H2,1-2H3,(H,26,27);1-2H3. The summed E-state index contributed by atoms with van der Waals surface area (Å²) in [5.41, 5.74) is 0.883. The predicted octanol–water partition coefficient (Wildman–Crippen LogP) is 3.73. The highest BCUT2D eigenvalue weighted by Crippen LogP contribution is 2.59. The minimum Gasteiger partial charge on any atom is -0.480 e. The van der Waals surface area contributed by atoms with Gasteiger partial charge in [-0.3, -0.25) is 4.79 Å². The van der Waals surface area contributed by atoms with Crippen LogP contribution in [0.2, 0.25) is 0 Å². The van der Waals surface area contributed by atoms with Crippen LogP contribution < -0.4 is 10.2 Å². The van der Waals surface area contributed by atoms with Crippen LogP contribution in [0, 0.1) is 11.3 Å². The lowest BCUT2D eigenvalue weighted by atomic mass is 10.1. The smallest absolute Gasteiger partial charge is 0.437 e. The first-order valence-electron chi connectivity index (χ1n) is 11.0. The summed E-state index contributed by atoms with van der Waals surface area (Å²) >= 11 is 0. The number of nitrogens with zero attached hydrogens (tertiary/aromatic N) is 2. The maximum absolute atomic E-state index is 13.2. The number of hydroxylamine groups is 1. The number of halogens is 6. The number of amidine groups is 1. The minimum atomic E-state index is -4.74. The van der Waals surface area contributed by atoms with Crippen molar-refractivity contribution >= 4 is 21.6 Å². The molecule has 2 aliphatic heterocycles. The molecule has 36 heavy (non-hydrogen) atoms. The Bertz CT molecular complexity index is 1150. The Morgan fingerprint density at radius 2 is 1.89 bits per heavy atom. The van der Waals surface area contributed by atoms with Crippen LogP contribution in [0.3, 0.4) is 0 Å². The van der Waals surface area contributed by atoms with Gasteiger partial charge in [-0.15, -0.1) is 0 Å². The van der Waals surface area contributed by atoms with Crippen LogP contribution in [0.4, 0.5) is 26.3 Å². The molecule has 8 nitrogen and oxygen atoms in total. The largest absolute Gasteiger partial charge is 0.480 e. The summed E-state index contributed by atoms with van der Waals surface area (Å²) in [6.07, 6.45) is -12.8. The van der Waals surface area contributed by atoms with Crippen LogP contribution in [0.25, 0.3) is 0 Å². The average Bonchev–Trinajstić information content (AvgIpc) is 3.14. The predicted molar refractivity (Wildman–Crippen MR) is 115 cm³/mol. The number of piperidine rings is 1. The molecule has 1 saturated heterocycles. The maximum atomic E-state index is 13.2. The molecule has 1 aromatic carbocycles. The van der Waals surface area contributed by atoms with E-state index in [-0.39, 0.29) is 29.7 Å². The third kappa shape index (κ3) is 5.41. The number of nitrogens with one attached hydrogen (secondary N) is 1. The molecule has 2 fully saturated rings. The van der Waals surface area contributed by atoms with Crippen molar-refractivity contribution in [3.05, 3.63) is 23.8 Å². The summed E-state index contributed by atoms with van der Waals surface area (Å²) in [7, 11) is -3.80. The second-order valence-corrected chi connectivity index (χ2v) is 10.6. The number of amides is 1. The summed E-state index contributed by atoms with van der Waals surface area (Å²) in [5.74, 6) is -1.57. The number of hydrogen-bond acceptors (Lipinski definition) is 7. The molecule has 1 saturated carbocycles. The summed E-state index contributed by atoms with van der Waals surface area (Å²) in [5, 5.41) is 0. The molecule has 0 spiro atoms. The number of sulfone groups is 1. The fourth-order valence-electron chi connectivity index (χ4n) is 4.09. The number of likely N-dealkylation sites (tertiary alicyclic amines) is 1. The van der Waals surface area contributed by atoms with Crippen molar-refractivity contribution in [1.29, 1.82) is 0 Å². The van der Waals surface area contributed by atoms with Crippen LogP contribution in [0.1, 0.15) is 37.6 Å². The van der Waals surface area contributed by atoms with Gasteiger partial charge in [0.1, 0.15) is 11.6 Å².